The van der Waals surface area contributed by atoms with Gasteiger partial charge in [-0.15, -0.1) is 0 Å². The van der Waals surface area contributed by atoms with E-state index in [0.717, 1.165) is 11.5 Å². The molecule has 0 saturated heterocycles. The quantitative estimate of drug-likeness (QED) is 0.592. The number of hydrogen-bond acceptors (Lipinski definition) is 6. The number of pyridine rings is 1. The van der Waals surface area contributed by atoms with Crippen molar-refractivity contribution in [2.75, 3.05) is 11.9 Å². The van der Waals surface area contributed by atoms with Gasteiger partial charge in [0.2, 0.25) is 0 Å². The normalized spacial score (nSPS) is 10.5. The molecule has 3 rings (SSSR count). The van der Waals surface area contributed by atoms with Crippen LogP contribution in [0.3, 0.4) is 0 Å². The summed E-state index contributed by atoms with van der Waals surface area (Å²) in [4.78, 5) is 29.0. The Labute approximate surface area is 166 Å². The minimum atomic E-state index is -0.292. The van der Waals surface area contributed by atoms with E-state index in [2.05, 4.69) is 20.8 Å². The van der Waals surface area contributed by atoms with Crippen molar-refractivity contribution in [2.45, 2.75) is 24.6 Å². The first kappa shape index (κ1) is 19.6. The molecule has 2 N–H and O–H groups in total. The number of nitrogens with zero attached hydrogens (tertiary/aromatic N) is 2. The summed E-state index contributed by atoms with van der Waals surface area (Å²) in [5, 5.41) is 10.1. The Balaban J connectivity index is 1.72. The molecule has 0 aliphatic carbocycles. The molecular weight excluding hydrogens is 376 g/mol. The van der Waals surface area contributed by atoms with Crippen molar-refractivity contribution in [3.8, 4) is 0 Å². The number of rotatable bonds is 7. The topological polar surface area (TPSA) is 97.1 Å². The first-order valence-electron chi connectivity index (χ1n) is 8.76. The van der Waals surface area contributed by atoms with Crippen LogP contribution >= 0.6 is 11.8 Å². The largest absolute Gasteiger partial charge is 0.361 e. The molecule has 0 fully saturated rings. The van der Waals surface area contributed by atoms with Crippen molar-refractivity contribution < 1.29 is 14.1 Å². The molecule has 0 radical (unpaired) electrons. The number of aryl methyl sites for hydroxylation is 1. The summed E-state index contributed by atoms with van der Waals surface area (Å²) in [7, 11) is 0. The van der Waals surface area contributed by atoms with Crippen molar-refractivity contribution in [3.05, 3.63) is 71.2 Å². The van der Waals surface area contributed by atoms with Crippen LogP contribution < -0.4 is 10.6 Å². The monoisotopic (exact) mass is 396 g/mol. The van der Waals surface area contributed by atoms with Gasteiger partial charge in [-0.3, -0.25) is 9.59 Å². The highest BCUT2D eigenvalue weighted by atomic mass is 32.2. The van der Waals surface area contributed by atoms with Crippen LogP contribution in [0.4, 0.5) is 5.69 Å². The predicted molar refractivity (Wildman–Crippen MR) is 107 cm³/mol. The SMILES string of the molecule is CCNC(=O)c1cccc(NC(=O)c2cccnc2SCc2cc(C)on2)c1. The van der Waals surface area contributed by atoms with Crippen molar-refractivity contribution >= 4 is 29.3 Å². The Hall–Kier alpha value is -3.13. The lowest BCUT2D eigenvalue weighted by atomic mass is 10.1. The van der Waals surface area contributed by atoms with Gasteiger partial charge in [0, 0.05) is 35.8 Å². The minimum Gasteiger partial charge on any atom is -0.361 e. The molecule has 0 aliphatic rings. The molecule has 2 heterocycles. The van der Waals surface area contributed by atoms with Gasteiger partial charge in [-0.2, -0.15) is 0 Å². The Bertz CT molecular complexity index is 987. The van der Waals surface area contributed by atoms with Gasteiger partial charge in [0.05, 0.1) is 11.3 Å². The average Bonchev–Trinajstić information content (AvgIpc) is 3.12. The zero-order valence-electron chi connectivity index (χ0n) is 15.6. The third-order valence-electron chi connectivity index (χ3n) is 3.77. The first-order valence-corrected chi connectivity index (χ1v) is 9.75. The van der Waals surface area contributed by atoms with Gasteiger partial charge in [0.25, 0.3) is 11.8 Å². The van der Waals surface area contributed by atoms with Crippen LogP contribution in [-0.2, 0) is 5.75 Å². The van der Waals surface area contributed by atoms with E-state index in [1.165, 1.54) is 11.8 Å². The van der Waals surface area contributed by atoms with Crippen LogP contribution in [0.2, 0.25) is 0 Å². The zero-order chi connectivity index (χ0) is 19.9. The fourth-order valence-corrected chi connectivity index (χ4v) is 3.38. The zero-order valence-corrected chi connectivity index (χ0v) is 16.4. The van der Waals surface area contributed by atoms with Crippen molar-refractivity contribution in [3.63, 3.8) is 0 Å². The molecule has 0 saturated carbocycles. The molecule has 2 amide bonds. The highest BCUT2D eigenvalue weighted by molar-refractivity contribution is 7.98. The van der Waals surface area contributed by atoms with Crippen molar-refractivity contribution in [2.24, 2.45) is 0 Å². The van der Waals surface area contributed by atoms with Gasteiger partial charge in [-0.1, -0.05) is 23.0 Å². The maximum Gasteiger partial charge on any atom is 0.258 e. The average molecular weight is 396 g/mol. The third-order valence-corrected chi connectivity index (χ3v) is 4.81. The number of carbonyl (C=O) groups excluding carboxylic acids is 2. The van der Waals surface area contributed by atoms with Gasteiger partial charge in [-0.05, 0) is 44.2 Å². The van der Waals surface area contributed by atoms with Crippen LogP contribution in [0.1, 0.15) is 39.1 Å². The summed E-state index contributed by atoms with van der Waals surface area (Å²) < 4.78 is 5.06. The number of carbonyl (C=O) groups is 2. The minimum absolute atomic E-state index is 0.181. The molecule has 144 valence electrons. The molecule has 2 aromatic heterocycles. The van der Waals surface area contributed by atoms with Crippen LogP contribution in [0, 0.1) is 6.92 Å². The van der Waals surface area contributed by atoms with Gasteiger partial charge in [0.15, 0.2) is 0 Å². The maximum absolute atomic E-state index is 12.8. The summed E-state index contributed by atoms with van der Waals surface area (Å²) in [5.74, 6) is 0.807. The van der Waals surface area contributed by atoms with E-state index < -0.39 is 0 Å². The van der Waals surface area contributed by atoms with E-state index in [9.17, 15) is 9.59 Å². The van der Waals surface area contributed by atoms with Crippen LogP contribution in [-0.4, -0.2) is 28.5 Å². The van der Waals surface area contributed by atoms with Gasteiger partial charge in [0.1, 0.15) is 10.8 Å². The Morgan fingerprint density at radius 1 is 1.14 bits per heavy atom. The second-order valence-corrected chi connectivity index (χ2v) is 6.93. The molecule has 0 unspecified atom stereocenters. The van der Waals surface area contributed by atoms with E-state index in [1.807, 2.05) is 19.9 Å². The third kappa shape index (κ3) is 4.98. The maximum atomic E-state index is 12.8. The molecule has 0 atom stereocenters. The van der Waals surface area contributed by atoms with Crippen LogP contribution in [0.5, 0.6) is 0 Å². The number of benzene rings is 1. The van der Waals surface area contributed by atoms with Gasteiger partial charge < -0.3 is 15.2 Å². The summed E-state index contributed by atoms with van der Waals surface area (Å²) >= 11 is 1.41. The van der Waals surface area contributed by atoms with E-state index in [4.69, 9.17) is 4.52 Å². The van der Waals surface area contributed by atoms with Gasteiger partial charge >= 0.3 is 0 Å². The van der Waals surface area contributed by atoms with E-state index >= 15 is 0 Å². The van der Waals surface area contributed by atoms with Crippen LogP contribution in [0.25, 0.3) is 0 Å². The second kappa shape index (κ2) is 9.18. The number of aromatic nitrogens is 2. The number of anilines is 1. The highest BCUT2D eigenvalue weighted by Crippen LogP contribution is 2.25. The molecule has 28 heavy (non-hydrogen) atoms. The number of hydrogen-bond donors (Lipinski definition) is 2. The molecule has 8 heteroatoms. The predicted octanol–water partition coefficient (Wildman–Crippen LogP) is 3.67. The lowest BCUT2D eigenvalue weighted by Gasteiger charge is -2.10. The van der Waals surface area contributed by atoms with Gasteiger partial charge in [-0.25, -0.2) is 4.98 Å². The number of thioether (sulfide) groups is 1. The van der Waals surface area contributed by atoms with Crippen molar-refractivity contribution in [1.82, 2.24) is 15.5 Å². The first-order chi connectivity index (χ1) is 13.6. The summed E-state index contributed by atoms with van der Waals surface area (Å²) in [5.41, 5.74) is 2.27. The smallest absolute Gasteiger partial charge is 0.258 e. The van der Waals surface area contributed by atoms with Crippen molar-refractivity contribution in [1.29, 1.82) is 0 Å². The Morgan fingerprint density at radius 2 is 2.00 bits per heavy atom. The Morgan fingerprint density at radius 3 is 2.75 bits per heavy atom. The summed E-state index contributed by atoms with van der Waals surface area (Å²) in [6.45, 7) is 4.22. The summed E-state index contributed by atoms with van der Waals surface area (Å²) in [6.07, 6.45) is 1.64. The number of nitrogens with one attached hydrogen (secondary N) is 2. The molecule has 3 aromatic rings. The molecule has 0 bridgehead atoms. The fourth-order valence-electron chi connectivity index (χ4n) is 2.51. The molecule has 0 spiro atoms. The number of amides is 2. The molecular formula is C20H20N4O3S. The molecule has 7 nitrogen and oxygen atoms in total. The lowest BCUT2D eigenvalue weighted by molar-refractivity contribution is 0.0954. The van der Waals surface area contributed by atoms with E-state index in [-0.39, 0.29) is 11.8 Å². The second-order valence-electron chi connectivity index (χ2n) is 5.97. The Kier molecular flexibility index (Phi) is 6.44. The molecule has 1 aromatic carbocycles. The fraction of sp³-hybridized carbons (Fsp3) is 0.200. The van der Waals surface area contributed by atoms with E-state index in [1.54, 1.807) is 42.6 Å². The summed E-state index contributed by atoms with van der Waals surface area (Å²) in [6, 6.07) is 12.1. The molecule has 0 aliphatic heterocycles. The van der Waals surface area contributed by atoms with E-state index in [0.29, 0.717) is 34.1 Å². The standard InChI is InChI=1S/C20H20N4O3S/c1-3-21-18(25)14-6-4-7-15(11-14)23-19(26)17-8-5-9-22-20(17)28-12-16-10-13(2)27-24-16/h4-11H,3,12H2,1-2H3,(H,21,25)(H,23,26). The lowest BCUT2D eigenvalue weighted by Crippen LogP contribution is -2.22. The highest BCUT2D eigenvalue weighted by Gasteiger charge is 2.15. The van der Waals surface area contributed by atoms with Crippen LogP contribution in [0.15, 0.2) is 58.2 Å².